The third-order valence-corrected chi connectivity index (χ3v) is 4.22. The summed E-state index contributed by atoms with van der Waals surface area (Å²) in [4.78, 5) is 14.6. The van der Waals surface area contributed by atoms with Crippen LogP contribution in [0.3, 0.4) is 0 Å². The molecule has 1 unspecified atom stereocenters. The number of fused-ring (bicyclic) bond motifs is 1. The number of nitrogens with one attached hydrogen (secondary N) is 1. The lowest BCUT2D eigenvalue weighted by atomic mass is 9.88. The number of hydrogen-bond donors (Lipinski definition) is 2. The predicted octanol–water partition coefficient (Wildman–Crippen LogP) is 4.48. The lowest BCUT2D eigenvalue weighted by Gasteiger charge is -2.15. The van der Waals surface area contributed by atoms with Crippen LogP contribution >= 0.6 is 0 Å². The Kier molecular flexibility index (Phi) is 4.15. The Hall–Kier alpha value is -2.62. The van der Waals surface area contributed by atoms with Crippen LogP contribution < -0.4 is 0 Å². The largest absolute Gasteiger partial charge is 0.481 e. The van der Waals surface area contributed by atoms with Crippen molar-refractivity contribution in [1.29, 1.82) is 0 Å². The summed E-state index contributed by atoms with van der Waals surface area (Å²) in [6, 6.07) is 12.2. The fraction of sp³-hybridized carbons (Fsp3) is 0.211. The topological polar surface area (TPSA) is 53.1 Å². The van der Waals surface area contributed by atoms with Crippen LogP contribution in [-0.2, 0) is 11.2 Å². The number of hydrogen-bond acceptors (Lipinski definition) is 1. The van der Waals surface area contributed by atoms with Crippen LogP contribution in [0.4, 0.5) is 4.39 Å². The van der Waals surface area contributed by atoms with E-state index < -0.39 is 5.97 Å². The van der Waals surface area contributed by atoms with Crippen molar-refractivity contribution < 1.29 is 14.3 Å². The van der Waals surface area contributed by atoms with Gasteiger partial charge in [-0.1, -0.05) is 37.3 Å². The van der Waals surface area contributed by atoms with E-state index in [0.29, 0.717) is 5.56 Å². The molecule has 2 aromatic carbocycles. The zero-order valence-electron chi connectivity index (χ0n) is 12.8. The summed E-state index contributed by atoms with van der Waals surface area (Å²) in [6.45, 7) is 2.08. The minimum atomic E-state index is -0.903. The van der Waals surface area contributed by atoms with Gasteiger partial charge in [0.15, 0.2) is 0 Å². The van der Waals surface area contributed by atoms with Crippen LogP contribution in [0.2, 0.25) is 0 Å². The van der Waals surface area contributed by atoms with Gasteiger partial charge in [-0.15, -0.1) is 0 Å². The molecule has 0 amide bonds. The number of para-hydroxylation sites is 1. The monoisotopic (exact) mass is 311 g/mol. The predicted molar refractivity (Wildman–Crippen MR) is 88.2 cm³/mol. The number of aromatic amines is 1. The molecule has 0 aliphatic heterocycles. The number of carbonyl (C=O) groups is 1. The lowest BCUT2D eigenvalue weighted by molar-refractivity contribution is -0.137. The quantitative estimate of drug-likeness (QED) is 0.730. The molecule has 0 bridgehead atoms. The first kappa shape index (κ1) is 15.3. The first-order chi connectivity index (χ1) is 11.1. The Bertz CT molecular complexity index is 853. The highest BCUT2D eigenvalue weighted by Crippen LogP contribution is 2.34. The summed E-state index contributed by atoms with van der Waals surface area (Å²) < 4.78 is 13.6. The van der Waals surface area contributed by atoms with Crippen LogP contribution in [0, 0.1) is 5.82 Å². The van der Waals surface area contributed by atoms with E-state index in [1.165, 1.54) is 17.7 Å². The van der Waals surface area contributed by atoms with Crippen molar-refractivity contribution in [2.45, 2.75) is 25.7 Å². The molecule has 3 rings (SSSR count). The van der Waals surface area contributed by atoms with E-state index in [9.17, 15) is 14.3 Å². The Labute approximate surface area is 133 Å². The second-order valence-electron chi connectivity index (χ2n) is 5.64. The van der Waals surface area contributed by atoms with Gasteiger partial charge in [0.1, 0.15) is 5.82 Å². The highest BCUT2D eigenvalue weighted by Gasteiger charge is 2.22. The van der Waals surface area contributed by atoms with E-state index in [4.69, 9.17) is 0 Å². The van der Waals surface area contributed by atoms with Gasteiger partial charge in [-0.05, 0) is 35.2 Å². The summed E-state index contributed by atoms with van der Waals surface area (Å²) in [6.07, 6.45) is 2.66. The second kappa shape index (κ2) is 6.24. The number of benzene rings is 2. The maximum Gasteiger partial charge on any atom is 0.304 e. The van der Waals surface area contributed by atoms with Gasteiger partial charge in [0, 0.05) is 23.0 Å². The maximum absolute atomic E-state index is 13.6. The first-order valence-corrected chi connectivity index (χ1v) is 7.66. The number of aryl methyl sites for hydroxylation is 1. The SMILES string of the molecule is CCc1cccc2c(C(CC(=O)O)c3cccc(F)c3)c[nH]c12. The molecule has 0 fully saturated rings. The van der Waals surface area contributed by atoms with Gasteiger partial charge >= 0.3 is 5.97 Å². The van der Waals surface area contributed by atoms with E-state index in [-0.39, 0.29) is 18.2 Å². The van der Waals surface area contributed by atoms with Crippen LogP contribution in [0.5, 0.6) is 0 Å². The lowest BCUT2D eigenvalue weighted by Crippen LogP contribution is -2.08. The fourth-order valence-corrected chi connectivity index (χ4v) is 3.13. The molecule has 1 aromatic heterocycles. The number of carboxylic acids is 1. The van der Waals surface area contributed by atoms with Crippen molar-refractivity contribution >= 4 is 16.9 Å². The minimum absolute atomic E-state index is 0.0766. The molecule has 0 aliphatic rings. The summed E-state index contributed by atoms with van der Waals surface area (Å²) >= 11 is 0. The summed E-state index contributed by atoms with van der Waals surface area (Å²) in [7, 11) is 0. The second-order valence-corrected chi connectivity index (χ2v) is 5.64. The van der Waals surface area contributed by atoms with Gasteiger partial charge in [0.05, 0.1) is 6.42 Å². The average molecular weight is 311 g/mol. The van der Waals surface area contributed by atoms with Crippen molar-refractivity contribution in [3.63, 3.8) is 0 Å². The van der Waals surface area contributed by atoms with Gasteiger partial charge < -0.3 is 10.1 Å². The Morgan fingerprint density at radius 2 is 2.04 bits per heavy atom. The van der Waals surface area contributed by atoms with E-state index in [1.54, 1.807) is 12.1 Å². The summed E-state index contributed by atoms with van der Waals surface area (Å²) in [5.41, 5.74) is 3.78. The zero-order valence-corrected chi connectivity index (χ0v) is 12.8. The Morgan fingerprint density at radius 1 is 1.26 bits per heavy atom. The molecule has 0 saturated carbocycles. The van der Waals surface area contributed by atoms with Crippen molar-refractivity contribution in [2.24, 2.45) is 0 Å². The molecular weight excluding hydrogens is 293 g/mol. The maximum atomic E-state index is 13.6. The molecule has 0 saturated heterocycles. The molecular formula is C19H18FNO2. The van der Waals surface area contributed by atoms with Gasteiger partial charge in [-0.2, -0.15) is 0 Å². The normalized spacial score (nSPS) is 12.4. The standard InChI is InChI=1S/C19H18FNO2/c1-2-12-5-4-8-15-17(11-21-19(12)15)16(10-18(22)23)13-6-3-7-14(20)9-13/h3-9,11,16,21H,2,10H2,1H3,(H,22,23). The number of aliphatic carboxylic acids is 1. The van der Waals surface area contributed by atoms with Crippen LogP contribution in [-0.4, -0.2) is 16.1 Å². The van der Waals surface area contributed by atoms with Crippen molar-refractivity contribution in [3.8, 4) is 0 Å². The molecule has 118 valence electrons. The molecule has 1 heterocycles. The van der Waals surface area contributed by atoms with E-state index in [0.717, 1.165) is 22.9 Å². The molecule has 1 atom stereocenters. The molecule has 3 aromatic rings. The average Bonchev–Trinajstić information content (AvgIpc) is 2.96. The van der Waals surface area contributed by atoms with Crippen LogP contribution in [0.25, 0.3) is 10.9 Å². The van der Waals surface area contributed by atoms with Crippen LogP contribution in [0.15, 0.2) is 48.7 Å². The van der Waals surface area contributed by atoms with Crippen molar-refractivity contribution in [1.82, 2.24) is 4.98 Å². The molecule has 4 heteroatoms. The van der Waals surface area contributed by atoms with E-state index in [2.05, 4.69) is 18.0 Å². The molecule has 0 spiro atoms. The molecule has 3 nitrogen and oxygen atoms in total. The van der Waals surface area contributed by atoms with Crippen LogP contribution in [0.1, 0.15) is 36.0 Å². The van der Waals surface area contributed by atoms with Gasteiger partial charge in [-0.25, -0.2) is 4.39 Å². The van der Waals surface area contributed by atoms with Crippen molar-refractivity contribution in [2.75, 3.05) is 0 Å². The summed E-state index contributed by atoms with van der Waals surface area (Å²) in [5, 5.41) is 10.3. The zero-order chi connectivity index (χ0) is 16.4. The van der Waals surface area contributed by atoms with E-state index in [1.807, 2.05) is 18.3 Å². The van der Waals surface area contributed by atoms with Crippen molar-refractivity contribution in [3.05, 3.63) is 71.2 Å². The fourth-order valence-electron chi connectivity index (χ4n) is 3.13. The van der Waals surface area contributed by atoms with E-state index >= 15 is 0 Å². The number of halogens is 1. The number of H-pyrrole nitrogens is 1. The number of aromatic nitrogens is 1. The number of carboxylic acid groups (broad SMARTS) is 1. The number of rotatable bonds is 5. The molecule has 0 aliphatic carbocycles. The third kappa shape index (κ3) is 2.97. The molecule has 23 heavy (non-hydrogen) atoms. The van der Waals surface area contributed by atoms with Gasteiger partial charge in [-0.3, -0.25) is 4.79 Å². The molecule has 2 N–H and O–H groups in total. The Morgan fingerprint density at radius 3 is 2.74 bits per heavy atom. The smallest absolute Gasteiger partial charge is 0.304 e. The van der Waals surface area contributed by atoms with Gasteiger partial charge in [0.25, 0.3) is 0 Å². The molecule has 0 radical (unpaired) electrons. The highest BCUT2D eigenvalue weighted by atomic mass is 19.1. The Balaban J connectivity index is 2.16. The minimum Gasteiger partial charge on any atom is -0.481 e. The first-order valence-electron chi connectivity index (χ1n) is 7.66. The highest BCUT2D eigenvalue weighted by molar-refractivity contribution is 5.87. The third-order valence-electron chi connectivity index (χ3n) is 4.22. The van der Waals surface area contributed by atoms with Gasteiger partial charge in [0.2, 0.25) is 0 Å². The summed E-state index contributed by atoms with van der Waals surface area (Å²) in [5.74, 6) is -1.64.